The fourth-order valence-corrected chi connectivity index (χ4v) is 4.34. The molecule has 6 aromatic carbocycles. The van der Waals surface area contributed by atoms with E-state index in [2.05, 4.69) is 97.1 Å². The highest BCUT2D eigenvalue weighted by atomic mass is 14.1. The Hall–Kier alpha value is -3.38. The Morgan fingerprint density at radius 3 is 1.85 bits per heavy atom. The van der Waals surface area contributed by atoms with Crippen LogP contribution in [0.4, 0.5) is 0 Å². The maximum Gasteiger partial charge on any atom is -0.00206 e. The van der Waals surface area contributed by atoms with E-state index in [0.717, 1.165) is 0 Å². The van der Waals surface area contributed by atoms with Crippen molar-refractivity contribution in [3.8, 4) is 11.1 Å². The summed E-state index contributed by atoms with van der Waals surface area (Å²) in [6.07, 6.45) is 0. The molecule has 0 fully saturated rings. The van der Waals surface area contributed by atoms with Gasteiger partial charge in [0.2, 0.25) is 0 Å². The predicted octanol–water partition coefficient (Wildman–Crippen LogP) is 7.40. The van der Waals surface area contributed by atoms with Gasteiger partial charge in [-0.15, -0.1) is 0 Å². The summed E-state index contributed by atoms with van der Waals surface area (Å²) in [5.41, 5.74) is 2.59. The largest absolute Gasteiger partial charge is 0.0616 e. The van der Waals surface area contributed by atoms with Crippen LogP contribution in [0.2, 0.25) is 0 Å². The molecule has 0 bridgehead atoms. The molecule has 0 aromatic heterocycles. The maximum atomic E-state index is 2.31. The lowest BCUT2D eigenvalue weighted by Crippen LogP contribution is -1.87. The van der Waals surface area contributed by atoms with E-state index in [1.165, 1.54) is 54.2 Å². The van der Waals surface area contributed by atoms with Gasteiger partial charge >= 0.3 is 0 Å². The van der Waals surface area contributed by atoms with Crippen LogP contribution in [0, 0.1) is 0 Å². The molecule has 0 nitrogen and oxygen atoms in total. The van der Waals surface area contributed by atoms with Crippen LogP contribution in [0.15, 0.2) is 97.1 Å². The normalized spacial score (nSPS) is 11.8. The first kappa shape index (κ1) is 13.9. The number of hydrogen-bond acceptors (Lipinski definition) is 0. The molecule has 0 unspecified atom stereocenters. The van der Waals surface area contributed by atoms with Gasteiger partial charge in [0.05, 0.1) is 0 Å². The summed E-state index contributed by atoms with van der Waals surface area (Å²) >= 11 is 0. The van der Waals surface area contributed by atoms with Gasteiger partial charge in [0.25, 0.3) is 0 Å². The highest BCUT2D eigenvalue weighted by molar-refractivity contribution is 6.25. The first-order valence-electron chi connectivity index (χ1n) is 9.04. The van der Waals surface area contributed by atoms with Crippen LogP contribution >= 0.6 is 0 Å². The predicted molar refractivity (Wildman–Crippen MR) is 113 cm³/mol. The summed E-state index contributed by atoms with van der Waals surface area (Å²) in [5, 5.41) is 10.6. The van der Waals surface area contributed by atoms with Gasteiger partial charge in [-0.2, -0.15) is 0 Å². The summed E-state index contributed by atoms with van der Waals surface area (Å²) in [6.45, 7) is 0. The Morgan fingerprint density at radius 2 is 1.00 bits per heavy atom. The van der Waals surface area contributed by atoms with Crippen molar-refractivity contribution in [1.82, 2.24) is 0 Å². The van der Waals surface area contributed by atoms with Crippen molar-refractivity contribution < 1.29 is 0 Å². The molecule has 0 heterocycles. The maximum absolute atomic E-state index is 2.31. The molecule has 0 amide bonds. The summed E-state index contributed by atoms with van der Waals surface area (Å²) < 4.78 is 0. The van der Waals surface area contributed by atoms with Gasteiger partial charge in [0, 0.05) is 0 Å². The first-order chi connectivity index (χ1) is 12.9. The van der Waals surface area contributed by atoms with Gasteiger partial charge in [0.15, 0.2) is 0 Å². The van der Waals surface area contributed by atoms with Crippen LogP contribution in [0.3, 0.4) is 0 Å². The van der Waals surface area contributed by atoms with Gasteiger partial charge < -0.3 is 0 Å². The number of fused-ring (bicyclic) bond motifs is 1. The van der Waals surface area contributed by atoms with E-state index in [9.17, 15) is 0 Å². The van der Waals surface area contributed by atoms with Crippen molar-refractivity contribution >= 4 is 43.1 Å². The average molecular weight is 328 g/mol. The van der Waals surface area contributed by atoms with Gasteiger partial charge in [-0.25, -0.2) is 0 Å². The second kappa shape index (κ2) is 5.06. The molecule has 0 saturated carbocycles. The Balaban J connectivity index is 1.75. The minimum Gasteiger partial charge on any atom is -0.0616 e. The SMILES string of the molecule is c1ccc2cc(-c3ccc4ccc5cccc6ccc3c4c56)ccc2c1. The third-order valence-corrected chi connectivity index (χ3v) is 5.59. The zero-order valence-corrected chi connectivity index (χ0v) is 14.2. The van der Waals surface area contributed by atoms with Crippen molar-refractivity contribution in [2.24, 2.45) is 0 Å². The molecule has 0 saturated heterocycles. The smallest absolute Gasteiger partial charge is 0.00206 e. The highest BCUT2D eigenvalue weighted by Gasteiger charge is 2.11. The zero-order valence-electron chi connectivity index (χ0n) is 14.2. The molecule has 0 spiro atoms. The number of hydrogen-bond donors (Lipinski definition) is 0. The molecule has 0 aliphatic carbocycles. The lowest BCUT2D eigenvalue weighted by atomic mass is 9.89. The van der Waals surface area contributed by atoms with E-state index in [0.29, 0.717) is 0 Å². The molecule has 0 N–H and O–H groups in total. The van der Waals surface area contributed by atoms with Crippen molar-refractivity contribution in [3.63, 3.8) is 0 Å². The summed E-state index contributed by atoms with van der Waals surface area (Å²) in [4.78, 5) is 0. The Bertz CT molecular complexity index is 1410. The Morgan fingerprint density at radius 1 is 0.385 bits per heavy atom. The third-order valence-electron chi connectivity index (χ3n) is 5.59. The molecular weight excluding hydrogens is 312 g/mol. The van der Waals surface area contributed by atoms with Crippen LogP contribution in [-0.4, -0.2) is 0 Å². The fourth-order valence-electron chi connectivity index (χ4n) is 4.34. The van der Waals surface area contributed by atoms with E-state index < -0.39 is 0 Å². The zero-order chi connectivity index (χ0) is 17.1. The number of benzene rings is 6. The molecule has 120 valence electrons. The van der Waals surface area contributed by atoms with E-state index >= 15 is 0 Å². The van der Waals surface area contributed by atoms with Gasteiger partial charge in [-0.1, -0.05) is 91.0 Å². The molecule has 6 rings (SSSR count). The topological polar surface area (TPSA) is 0 Å². The van der Waals surface area contributed by atoms with Crippen molar-refractivity contribution in [2.75, 3.05) is 0 Å². The third kappa shape index (κ3) is 1.84. The summed E-state index contributed by atoms with van der Waals surface area (Å²) in [5.74, 6) is 0. The minimum atomic E-state index is 1.28. The molecule has 0 heteroatoms. The van der Waals surface area contributed by atoms with E-state index in [-0.39, 0.29) is 0 Å². The highest BCUT2D eigenvalue weighted by Crippen LogP contribution is 2.39. The summed E-state index contributed by atoms with van der Waals surface area (Å²) in [6, 6.07) is 35.5. The van der Waals surface area contributed by atoms with E-state index in [4.69, 9.17) is 0 Å². The van der Waals surface area contributed by atoms with Crippen molar-refractivity contribution in [2.45, 2.75) is 0 Å². The Labute approximate surface area is 151 Å². The minimum absolute atomic E-state index is 1.28. The molecular formula is C26H16. The van der Waals surface area contributed by atoms with Gasteiger partial charge in [-0.05, 0) is 60.3 Å². The van der Waals surface area contributed by atoms with E-state index in [1.54, 1.807) is 0 Å². The monoisotopic (exact) mass is 328 g/mol. The molecule has 26 heavy (non-hydrogen) atoms. The molecule has 0 atom stereocenters. The van der Waals surface area contributed by atoms with Crippen LogP contribution in [-0.2, 0) is 0 Å². The standard InChI is InChI=1S/C26H16/c1-2-5-21-16-22(11-8-17(21)4-1)23-14-12-20-10-9-18-6-3-7-19-13-15-24(23)26(20)25(18)19/h1-16H. The van der Waals surface area contributed by atoms with Gasteiger partial charge in [0.1, 0.15) is 0 Å². The summed E-state index contributed by atoms with van der Waals surface area (Å²) in [7, 11) is 0. The molecule has 0 aliphatic heterocycles. The molecule has 0 aliphatic rings. The number of rotatable bonds is 1. The quantitative estimate of drug-likeness (QED) is 0.276. The second-order valence-electron chi connectivity index (χ2n) is 7.03. The van der Waals surface area contributed by atoms with E-state index in [1.807, 2.05) is 0 Å². The van der Waals surface area contributed by atoms with Crippen molar-refractivity contribution in [3.05, 3.63) is 97.1 Å². The average Bonchev–Trinajstić information content (AvgIpc) is 2.71. The lowest BCUT2D eigenvalue weighted by molar-refractivity contribution is 1.70. The van der Waals surface area contributed by atoms with Crippen LogP contribution < -0.4 is 0 Å². The second-order valence-corrected chi connectivity index (χ2v) is 7.03. The first-order valence-corrected chi connectivity index (χ1v) is 9.04. The fraction of sp³-hybridized carbons (Fsp3) is 0. The van der Waals surface area contributed by atoms with Crippen molar-refractivity contribution in [1.29, 1.82) is 0 Å². The van der Waals surface area contributed by atoms with Crippen LogP contribution in [0.5, 0.6) is 0 Å². The van der Waals surface area contributed by atoms with Crippen LogP contribution in [0.1, 0.15) is 0 Å². The van der Waals surface area contributed by atoms with Crippen LogP contribution in [0.25, 0.3) is 54.2 Å². The van der Waals surface area contributed by atoms with Gasteiger partial charge in [-0.3, -0.25) is 0 Å². The Kier molecular flexibility index (Phi) is 2.70. The molecule has 6 aromatic rings. The lowest BCUT2D eigenvalue weighted by Gasteiger charge is -2.14. The molecule has 0 radical (unpaired) electrons.